The molecular weight excluding hydrogens is 485 g/mol. The fraction of sp³-hybridized carbons (Fsp3) is 0.520. The van der Waals surface area contributed by atoms with Gasteiger partial charge in [0.25, 0.3) is 0 Å². The van der Waals surface area contributed by atoms with E-state index < -0.39 is 34.5 Å². The van der Waals surface area contributed by atoms with Crippen molar-refractivity contribution in [3.05, 3.63) is 39.4 Å². The molecule has 2 aliphatic heterocycles. The quantitative estimate of drug-likeness (QED) is 0.543. The fourth-order valence-electron chi connectivity index (χ4n) is 4.95. The van der Waals surface area contributed by atoms with E-state index in [9.17, 15) is 24.3 Å². The summed E-state index contributed by atoms with van der Waals surface area (Å²) < 4.78 is 22.3. The number of pyridine rings is 1. The zero-order valence-corrected chi connectivity index (χ0v) is 21.6. The lowest BCUT2D eigenvalue weighted by Crippen LogP contribution is -2.45. The molecule has 2 aliphatic rings. The molecule has 1 fully saturated rings. The van der Waals surface area contributed by atoms with Gasteiger partial charge in [-0.05, 0) is 39.2 Å². The molecule has 200 valence electrons. The van der Waals surface area contributed by atoms with Gasteiger partial charge in [0, 0.05) is 38.4 Å². The van der Waals surface area contributed by atoms with Gasteiger partial charge in [0.2, 0.25) is 11.3 Å². The van der Waals surface area contributed by atoms with Gasteiger partial charge in [-0.1, -0.05) is 6.92 Å². The molecule has 0 radical (unpaired) electrons. The van der Waals surface area contributed by atoms with Gasteiger partial charge in [0.05, 0.1) is 22.6 Å². The van der Waals surface area contributed by atoms with E-state index in [1.54, 1.807) is 37.5 Å². The van der Waals surface area contributed by atoms with Crippen molar-refractivity contribution in [2.24, 2.45) is 5.92 Å². The van der Waals surface area contributed by atoms with Crippen molar-refractivity contribution in [2.75, 3.05) is 43.1 Å². The summed E-state index contributed by atoms with van der Waals surface area (Å²) in [4.78, 5) is 50.6. The molecule has 0 saturated carbocycles. The highest BCUT2D eigenvalue weighted by Gasteiger charge is 2.35. The minimum Gasteiger partial charge on any atom is -0.477 e. The number of likely N-dealkylation sites (N-methyl/N-ethyl adjacent to an activating group) is 1. The number of alkyl carbamates (subject to hydrolysis) is 1. The van der Waals surface area contributed by atoms with Crippen LogP contribution in [0.25, 0.3) is 10.9 Å². The van der Waals surface area contributed by atoms with Crippen LogP contribution < -0.4 is 26.0 Å². The van der Waals surface area contributed by atoms with E-state index in [1.807, 2.05) is 11.8 Å². The molecule has 1 saturated heterocycles. The standard InChI is InChI=1S/C25H32FN5O6/c1-13-10-30(12-18(13)28-19(32)9-27-24(36)37-25(2,3)4)21-14-6-7-29(5)31-11-16(23(34)35)22(33)15(20(14)31)8-17(21)26/h8,11,13,18H,6-7,9-10,12H2,1-5H3,(H,27,36)(H,28,32)(H,34,35)/t13-,18+/m0/s1. The number of hydrogen-bond acceptors (Lipinski definition) is 7. The minimum atomic E-state index is -1.37. The Labute approximate surface area is 213 Å². The second-order valence-corrected chi connectivity index (χ2v) is 10.6. The summed E-state index contributed by atoms with van der Waals surface area (Å²) in [6.45, 7) is 8.17. The number of anilines is 1. The van der Waals surface area contributed by atoms with Crippen LogP contribution in [-0.4, -0.2) is 72.6 Å². The number of carbonyl (C=O) groups is 3. The zero-order chi connectivity index (χ0) is 27.2. The maximum absolute atomic E-state index is 15.5. The third-order valence-corrected chi connectivity index (χ3v) is 6.64. The number of carbonyl (C=O) groups excluding carboxylic acids is 2. The normalized spacial score (nSPS) is 19.2. The molecule has 12 heteroatoms. The summed E-state index contributed by atoms with van der Waals surface area (Å²) in [6.07, 6.45) is 1.06. The maximum atomic E-state index is 15.5. The molecule has 3 N–H and O–H groups in total. The summed E-state index contributed by atoms with van der Waals surface area (Å²) in [5.74, 6) is -2.38. The Morgan fingerprint density at radius 2 is 1.95 bits per heavy atom. The summed E-state index contributed by atoms with van der Waals surface area (Å²) in [6, 6.07) is 0.818. The van der Waals surface area contributed by atoms with E-state index in [2.05, 4.69) is 10.6 Å². The molecule has 0 spiro atoms. The van der Waals surface area contributed by atoms with Crippen molar-refractivity contribution >= 4 is 34.6 Å². The average molecular weight is 518 g/mol. The molecule has 2 amide bonds. The van der Waals surface area contributed by atoms with Crippen LogP contribution in [0.5, 0.6) is 0 Å². The lowest BCUT2D eigenvalue weighted by molar-refractivity contribution is -0.121. The predicted molar refractivity (Wildman–Crippen MR) is 135 cm³/mol. The average Bonchev–Trinajstić information content (AvgIpc) is 3.13. The van der Waals surface area contributed by atoms with Gasteiger partial charge in [-0.25, -0.2) is 14.0 Å². The lowest BCUT2D eigenvalue weighted by Gasteiger charge is -2.33. The van der Waals surface area contributed by atoms with Crippen LogP contribution in [0.2, 0.25) is 0 Å². The molecule has 1 aromatic heterocycles. The van der Waals surface area contributed by atoms with Crippen molar-refractivity contribution in [3.63, 3.8) is 0 Å². The van der Waals surface area contributed by atoms with Crippen LogP contribution in [-0.2, 0) is 16.0 Å². The molecule has 2 aromatic rings. The number of hydrogen-bond donors (Lipinski definition) is 3. The SMILES string of the molecule is C[C@H]1CN(c2c(F)cc3c(=O)c(C(=O)O)cn4c3c2CCN4C)C[C@H]1NC(=O)CNC(=O)OC(C)(C)C. The van der Waals surface area contributed by atoms with Crippen molar-refractivity contribution in [3.8, 4) is 0 Å². The first-order valence-corrected chi connectivity index (χ1v) is 12.1. The first kappa shape index (κ1) is 26.2. The van der Waals surface area contributed by atoms with Gasteiger partial charge < -0.3 is 30.4 Å². The number of rotatable bonds is 5. The van der Waals surface area contributed by atoms with Crippen LogP contribution in [0.15, 0.2) is 17.1 Å². The zero-order valence-electron chi connectivity index (χ0n) is 21.6. The van der Waals surface area contributed by atoms with Gasteiger partial charge in [-0.3, -0.25) is 14.3 Å². The van der Waals surface area contributed by atoms with E-state index in [4.69, 9.17) is 4.74 Å². The van der Waals surface area contributed by atoms with Crippen molar-refractivity contribution < 1.29 is 28.6 Å². The molecule has 0 unspecified atom stereocenters. The fourth-order valence-corrected chi connectivity index (χ4v) is 4.95. The van der Waals surface area contributed by atoms with Crippen LogP contribution in [0.3, 0.4) is 0 Å². The van der Waals surface area contributed by atoms with Gasteiger partial charge >= 0.3 is 12.1 Å². The number of amides is 2. The summed E-state index contributed by atoms with van der Waals surface area (Å²) in [5, 5.41) is 16.6. The van der Waals surface area contributed by atoms with Crippen LogP contribution in [0, 0.1) is 11.7 Å². The third-order valence-electron chi connectivity index (χ3n) is 6.64. The Morgan fingerprint density at radius 1 is 1.24 bits per heavy atom. The second-order valence-electron chi connectivity index (χ2n) is 10.6. The van der Waals surface area contributed by atoms with Crippen molar-refractivity contribution in [1.82, 2.24) is 15.3 Å². The summed E-state index contributed by atoms with van der Waals surface area (Å²) >= 11 is 0. The van der Waals surface area contributed by atoms with Gasteiger partial charge in [0.15, 0.2) is 0 Å². The van der Waals surface area contributed by atoms with E-state index in [0.717, 1.165) is 6.07 Å². The van der Waals surface area contributed by atoms with Crippen LogP contribution in [0.1, 0.15) is 43.6 Å². The summed E-state index contributed by atoms with van der Waals surface area (Å²) in [7, 11) is 1.77. The lowest BCUT2D eigenvalue weighted by atomic mass is 9.99. The minimum absolute atomic E-state index is 0.0179. The monoisotopic (exact) mass is 517 g/mol. The van der Waals surface area contributed by atoms with Crippen LogP contribution in [0.4, 0.5) is 14.9 Å². The van der Waals surface area contributed by atoms with E-state index >= 15 is 4.39 Å². The number of carboxylic acids is 1. The second kappa shape index (κ2) is 9.56. The van der Waals surface area contributed by atoms with Crippen LogP contribution >= 0.6 is 0 Å². The first-order valence-electron chi connectivity index (χ1n) is 12.1. The number of ether oxygens (including phenoxy) is 1. The Kier molecular flexibility index (Phi) is 6.78. The molecule has 4 rings (SSSR count). The predicted octanol–water partition coefficient (Wildman–Crippen LogP) is 1.43. The molecule has 0 bridgehead atoms. The summed E-state index contributed by atoms with van der Waals surface area (Å²) in [5.41, 5.74) is -0.350. The smallest absolute Gasteiger partial charge is 0.408 e. The number of carboxylic acid groups (broad SMARTS) is 1. The highest BCUT2D eigenvalue weighted by Crippen LogP contribution is 2.36. The van der Waals surface area contributed by atoms with E-state index in [0.29, 0.717) is 42.8 Å². The Balaban J connectivity index is 1.58. The molecule has 37 heavy (non-hydrogen) atoms. The number of aromatic carboxylic acids is 1. The Bertz CT molecular complexity index is 1330. The van der Waals surface area contributed by atoms with Gasteiger partial charge in [0.1, 0.15) is 23.5 Å². The Morgan fingerprint density at radius 3 is 2.59 bits per heavy atom. The molecule has 1 aromatic carbocycles. The van der Waals surface area contributed by atoms with Crippen molar-refractivity contribution in [2.45, 2.75) is 45.8 Å². The topological polar surface area (TPSA) is 133 Å². The van der Waals surface area contributed by atoms with Gasteiger partial charge in [-0.15, -0.1) is 0 Å². The maximum Gasteiger partial charge on any atom is 0.408 e. The number of nitrogens with zero attached hydrogens (tertiary/aromatic N) is 3. The van der Waals surface area contributed by atoms with E-state index in [1.165, 1.54) is 6.20 Å². The molecular formula is C25H32FN5O6. The third kappa shape index (κ3) is 5.18. The number of nitrogens with one attached hydrogen (secondary N) is 2. The number of halogens is 1. The molecule has 2 atom stereocenters. The Hall–Kier alpha value is -3.83. The highest BCUT2D eigenvalue weighted by molar-refractivity contribution is 5.96. The number of benzene rings is 1. The van der Waals surface area contributed by atoms with E-state index in [-0.39, 0.29) is 29.8 Å². The van der Waals surface area contributed by atoms with Crippen molar-refractivity contribution in [1.29, 1.82) is 0 Å². The molecule has 11 nitrogen and oxygen atoms in total. The largest absolute Gasteiger partial charge is 0.477 e. The molecule has 3 heterocycles. The molecule has 0 aliphatic carbocycles. The highest BCUT2D eigenvalue weighted by atomic mass is 19.1. The van der Waals surface area contributed by atoms with Gasteiger partial charge in [-0.2, -0.15) is 0 Å². The number of aromatic nitrogens is 1. The first-order chi connectivity index (χ1) is 17.3.